The summed E-state index contributed by atoms with van der Waals surface area (Å²) in [6, 6.07) is 5.44. The number of rotatable bonds is 4. The summed E-state index contributed by atoms with van der Waals surface area (Å²) in [5, 5.41) is 22.1. The molecule has 0 fully saturated rings. The van der Waals surface area contributed by atoms with Gasteiger partial charge in [0.1, 0.15) is 17.4 Å². The van der Waals surface area contributed by atoms with Gasteiger partial charge in [-0.25, -0.2) is 4.98 Å². The van der Waals surface area contributed by atoms with Gasteiger partial charge in [-0.15, -0.1) is 6.58 Å². The van der Waals surface area contributed by atoms with E-state index < -0.39 is 35.6 Å². The Morgan fingerprint density at radius 2 is 2.00 bits per heavy atom. The van der Waals surface area contributed by atoms with Crippen LogP contribution in [0.15, 0.2) is 46.9 Å². The van der Waals surface area contributed by atoms with Gasteiger partial charge in [0.2, 0.25) is 5.89 Å². The van der Waals surface area contributed by atoms with Crippen molar-refractivity contribution in [2.24, 2.45) is 23.0 Å². The van der Waals surface area contributed by atoms with E-state index in [9.17, 15) is 19.8 Å². The maximum Gasteiger partial charge on any atom is 0.309 e. The number of Topliss-reactive ketones (excluding diaryl/α,β-unsaturated/α-hetero) is 1. The van der Waals surface area contributed by atoms with Crippen molar-refractivity contribution in [3.05, 3.63) is 54.0 Å². The highest BCUT2D eigenvalue weighted by Gasteiger charge is 2.43. The van der Waals surface area contributed by atoms with Gasteiger partial charge in [0, 0.05) is 12.3 Å². The van der Waals surface area contributed by atoms with Gasteiger partial charge < -0.3 is 25.1 Å². The van der Waals surface area contributed by atoms with Crippen molar-refractivity contribution >= 4 is 22.9 Å². The van der Waals surface area contributed by atoms with Gasteiger partial charge in [-0.05, 0) is 56.2 Å². The summed E-state index contributed by atoms with van der Waals surface area (Å²) >= 11 is 0. The fraction of sp³-hybridized carbons (Fsp3) is 0.567. The highest BCUT2D eigenvalue weighted by Crippen LogP contribution is 2.35. The molecule has 1 aliphatic heterocycles. The number of allylic oxidation sites excluding steroid dienone is 2. The third-order valence-corrected chi connectivity index (χ3v) is 7.77. The van der Waals surface area contributed by atoms with Crippen LogP contribution in [0.4, 0.5) is 0 Å². The molecule has 0 aliphatic carbocycles. The summed E-state index contributed by atoms with van der Waals surface area (Å²) in [4.78, 5) is 31.0. The number of benzene rings is 1. The number of nitrogens with zero attached hydrogens (tertiary/aromatic N) is 1. The second-order valence-electron chi connectivity index (χ2n) is 11.1. The summed E-state index contributed by atoms with van der Waals surface area (Å²) in [6.07, 6.45) is 3.73. The number of hydrogen-bond acceptors (Lipinski definition) is 8. The van der Waals surface area contributed by atoms with Crippen molar-refractivity contribution in [3.63, 3.8) is 0 Å². The first-order chi connectivity index (χ1) is 18.0. The number of nitrogens with two attached hydrogens (primary N) is 1. The number of aliphatic hydroxyl groups excluding tert-OH is 2. The Morgan fingerprint density at radius 3 is 2.68 bits per heavy atom. The Morgan fingerprint density at radius 1 is 1.26 bits per heavy atom. The summed E-state index contributed by atoms with van der Waals surface area (Å²) in [7, 11) is 0. The Kier molecular flexibility index (Phi) is 10.0. The summed E-state index contributed by atoms with van der Waals surface area (Å²) in [6.45, 7) is 11.1. The van der Waals surface area contributed by atoms with Crippen LogP contribution in [-0.2, 0) is 20.9 Å². The number of carbonyl (C=O) groups is 2. The van der Waals surface area contributed by atoms with Gasteiger partial charge in [-0.3, -0.25) is 9.59 Å². The average molecular weight is 527 g/mol. The van der Waals surface area contributed by atoms with Crippen LogP contribution in [0.2, 0.25) is 0 Å². The largest absolute Gasteiger partial charge is 0.457 e. The van der Waals surface area contributed by atoms with Gasteiger partial charge >= 0.3 is 5.97 Å². The number of oxazole rings is 1. The number of carbonyl (C=O) groups excluding carboxylic acids is 2. The average Bonchev–Trinajstić information content (AvgIpc) is 3.30. The molecule has 38 heavy (non-hydrogen) atoms. The van der Waals surface area contributed by atoms with E-state index in [0.717, 1.165) is 30.4 Å². The number of fused-ring (bicyclic) bond motifs is 1. The van der Waals surface area contributed by atoms with Gasteiger partial charge in [-0.2, -0.15) is 0 Å². The lowest BCUT2D eigenvalue weighted by molar-refractivity contribution is -0.156. The van der Waals surface area contributed by atoms with Crippen LogP contribution in [0.5, 0.6) is 0 Å². The number of cyclic esters (lactones) is 1. The zero-order chi connectivity index (χ0) is 28.0. The Hall–Kier alpha value is -2.81. The predicted octanol–water partition coefficient (Wildman–Crippen LogP) is 4.93. The van der Waals surface area contributed by atoms with Crippen LogP contribution in [-0.4, -0.2) is 39.2 Å². The molecule has 0 radical (unpaired) electrons. The lowest BCUT2D eigenvalue weighted by Crippen LogP contribution is -2.46. The highest BCUT2D eigenvalue weighted by atomic mass is 16.5. The summed E-state index contributed by atoms with van der Waals surface area (Å²) in [5.41, 5.74) is 7.51. The summed E-state index contributed by atoms with van der Waals surface area (Å²) in [5.74, 6) is -1.30. The number of hydrogen-bond donors (Lipinski definition) is 3. The molecule has 0 bridgehead atoms. The molecule has 4 N–H and O–H groups in total. The van der Waals surface area contributed by atoms with Crippen LogP contribution < -0.4 is 5.73 Å². The monoisotopic (exact) mass is 526 g/mol. The molecule has 5 atom stereocenters. The van der Waals surface area contributed by atoms with Gasteiger partial charge in [-0.1, -0.05) is 44.6 Å². The van der Waals surface area contributed by atoms with Gasteiger partial charge in [0.15, 0.2) is 5.58 Å². The quantitative estimate of drug-likeness (QED) is 0.377. The second-order valence-corrected chi connectivity index (χ2v) is 11.1. The number of ketones is 1. The van der Waals surface area contributed by atoms with E-state index in [1.165, 1.54) is 0 Å². The van der Waals surface area contributed by atoms with Crippen molar-refractivity contribution in [3.8, 4) is 0 Å². The third kappa shape index (κ3) is 6.98. The molecule has 0 spiro atoms. The molecule has 0 unspecified atom stereocenters. The standard InChI is InChI=1S/C30H42N2O6/c1-6-8-21-28(35)19(3)10-7-9-18(2)11-13-23(38-27(34)16-25(33)30(4,5)29(21)36)20-12-14-24-22(15-20)32-26(17-31)37-24/h6,11-12,14-15,19,21,23,25,28,33,35H,1,7-10,13,16-17,31H2,2-5H3/b18-11-/t19-,21+,23-,25-,28-/m0/s1. The van der Waals surface area contributed by atoms with Crippen molar-refractivity contribution in [2.75, 3.05) is 0 Å². The van der Waals surface area contributed by atoms with E-state index in [-0.39, 0.29) is 24.7 Å². The normalized spacial score (nSPS) is 29.4. The van der Waals surface area contributed by atoms with Crippen molar-refractivity contribution in [1.29, 1.82) is 0 Å². The molecule has 0 saturated heterocycles. The zero-order valence-electron chi connectivity index (χ0n) is 23.0. The van der Waals surface area contributed by atoms with E-state index in [1.807, 2.05) is 26.0 Å². The first-order valence-electron chi connectivity index (χ1n) is 13.4. The van der Waals surface area contributed by atoms with Crippen LogP contribution in [0, 0.1) is 17.3 Å². The van der Waals surface area contributed by atoms with Gasteiger partial charge in [0.05, 0.1) is 30.6 Å². The number of esters is 1. The van der Waals surface area contributed by atoms with Crippen molar-refractivity contribution < 1.29 is 29.0 Å². The Bertz CT molecular complexity index is 1170. The molecule has 3 rings (SSSR count). The van der Waals surface area contributed by atoms with E-state index in [1.54, 1.807) is 26.0 Å². The molecular formula is C30H42N2O6. The molecule has 1 aliphatic rings. The van der Waals surface area contributed by atoms with E-state index >= 15 is 0 Å². The van der Waals surface area contributed by atoms with Crippen LogP contribution in [0.3, 0.4) is 0 Å². The Balaban J connectivity index is 1.93. The minimum atomic E-state index is -1.28. The lowest BCUT2D eigenvalue weighted by Gasteiger charge is -2.35. The van der Waals surface area contributed by atoms with E-state index in [0.29, 0.717) is 29.8 Å². The maximum absolute atomic E-state index is 13.6. The fourth-order valence-electron chi connectivity index (χ4n) is 5.06. The molecule has 8 nitrogen and oxygen atoms in total. The fourth-order valence-corrected chi connectivity index (χ4v) is 5.06. The van der Waals surface area contributed by atoms with Crippen LogP contribution in [0.25, 0.3) is 11.1 Å². The van der Waals surface area contributed by atoms with Crippen molar-refractivity contribution in [2.45, 2.75) is 91.1 Å². The van der Waals surface area contributed by atoms with Crippen LogP contribution >= 0.6 is 0 Å². The topological polar surface area (TPSA) is 136 Å². The molecule has 0 amide bonds. The lowest BCUT2D eigenvalue weighted by atomic mass is 9.71. The molecular weight excluding hydrogens is 484 g/mol. The van der Waals surface area contributed by atoms with Crippen molar-refractivity contribution in [1.82, 2.24) is 4.98 Å². The number of ether oxygens (including phenoxy) is 1. The third-order valence-electron chi connectivity index (χ3n) is 7.77. The minimum Gasteiger partial charge on any atom is -0.457 e. The first-order valence-corrected chi connectivity index (χ1v) is 13.4. The number of aliphatic hydroxyl groups is 2. The molecule has 8 heteroatoms. The second kappa shape index (κ2) is 12.8. The highest BCUT2D eigenvalue weighted by molar-refractivity contribution is 5.88. The van der Waals surface area contributed by atoms with E-state index in [2.05, 4.69) is 17.6 Å². The summed E-state index contributed by atoms with van der Waals surface area (Å²) < 4.78 is 11.5. The molecule has 2 heterocycles. The SMILES string of the molecule is C=CC[C@H]1C(=O)C(C)(C)[C@@H](O)CC(=O)O[C@H](c2ccc3oc(CN)nc3c2)C/C=C(/C)CCC[C@H](C)[C@@H]1O. The molecule has 1 aromatic heterocycles. The number of aromatic nitrogens is 1. The Labute approximate surface area is 225 Å². The molecule has 1 aromatic carbocycles. The first kappa shape index (κ1) is 29.7. The van der Waals surface area contributed by atoms with E-state index in [4.69, 9.17) is 14.9 Å². The minimum absolute atomic E-state index is 0.108. The molecule has 208 valence electrons. The molecule has 0 saturated carbocycles. The zero-order valence-corrected chi connectivity index (χ0v) is 23.0. The molecule has 2 aromatic rings. The maximum atomic E-state index is 13.6. The van der Waals surface area contributed by atoms with Gasteiger partial charge in [0.25, 0.3) is 0 Å². The predicted molar refractivity (Wildman–Crippen MR) is 146 cm³/mol. The van der Waals surface area contributed by atoms with Crippen LogP contribution in [0.1, 0.15) is 83.8 Å². The smallest absolute Gasteiger partial charge is 0.309 e.